The van der Waals surface area contributed by atoms with E-state index in [-0.39, 0.29) is 5.91 Å². The fourth-order valence-electron chi connectivity index (χ4n) is 2.56. The van der Waals surface area contributed by atoms with E-state index in [1.54, 1.807) is 44.2 Å². The molecular weight excluding hydrogens is 358 g/mol. The molecule has 0 aliphatic carbocycles. The summed E-state index contributed by atoms with van der Waals surface area (Å²) in [6.07, 6.45) is 0. The van der Waals surface area contributed by atoms with Gasteiger partial charge in [0.15, 0.2) is 11.5 Å². The maximum absolute atomic E-state index is 12.5. The van der Waals surface area contributed by atoms with Gasteiger partial charge in [0.1, 0.15) is 0 Å². The number of carbonyl (C=O) groups is 1. The SMILES string of the molecule is COc1ccc(C(=O)Nc2ccc(SCc3ccccc3)cc2)cc1OC. The first kappa shape index (κ1) is 18.9. The van der Waals surface area contributed by atoms with Gasteiger partial charge in [-0.2, -0.15) is 0 Å². The molecule has 0 aromatic heterocycles. The number of benzene rings is 3. The van der Waals surface area contributed by atoms with Crippen molar-refractivity contribution in [2.75, 3.05) is 19.5 Å². The van der Waals surface area contributed by atoms with Crippen molar-refractivity contribution >= 4 is 23.4 Å². The Morgan fingerprint density at radius 3 is 2.26 bits per heavy atom. The molecule has 0 heterocycles. The van der Waals surface area contributed by atoms with Crippen molar-refractivity contribution in [2.24, 2.45) is 0 Å². The van der Waals surface area contributed by atoms with Crippen LogP contribution in [0.15, 0.2) is 77.7 Å². The van der Waals surface area contributed by atoms with Gasteiger partial charge >= 0.3 is 0 Å². The molecule has 0 saturated heterocycles. The molecule has 138 valence electrons. The van der Waals surface area contributed by atoms with Gasteiger partial charge in [0, 0.05) is 21.9 Å². The van der Waals surface area contributed by atoms with E-state index in [1.165, 1.54) is 5.56 Å². The highest BCUT2D eigenvalue weighted by atomic mass is 32.2. The fourth-order valence-corrected chi connectivity index (χ4v) is 3.41. The average Bonchev–Trinajstić information content (AvgIpc) is 2.73. The smallest absolute Gasteiger partial charge is 0.255 e. The van der Waals surface area contributed by atoms with E-state index >= 15 is 0 Å². The summed E-state index contributed by atoms with van der Waals surface area (Å²) in [6, 6.07) is 23.3. The van der Waals surface area contributed by atoms with Gasteiger partial charge in [0.2, 0.25) is 0 Å². The highest BCUT2D eigenvalue weighted by Gasteiger charge is 2.11. The molecule has 1 N–H and O–H groups in total. The minimum Gasteiger partial charge on any atom is -0.493 e. The first-order valence-corrected chi connectivity index (χ1v) is 9.48. The van der Waals surface area contributed by atoms with Crippen LogP contribution >= 0.6 is 11.8 Å². The van der Waals surface area contributed by atoms with Crippen LogP contribution in [0.1, 0.15) is 15.9 Å². The van der Waals surface area contributed by atoms with E-state index in [2.05, 4.69) is 17.4 Å². The van der Waals surface area contributed by atoms with Crippen molar-refractivity contribution in [3.05, 3.63) is 83.9 Å². The summed E-state index contributed by atoms with van der Waals surface area (Å²) in [5, 5.41) is 2.90. The third-order valence-corrected chi connectivity index (χ3v) is 5.09. The molecule has 0 saturated carbocycles. The normalized spacial score (nSPS) is 10.3. The molecule has 0 aliphatic heterocycles. The zero-order chi connectivity index (χ0) is 19.1. The maximum Gasteiger partial charge on any atom is 0.255 e. The molecule has 5 heteroatoms. The summed E-state index contributed by atoms with van der Waals surface area (Å²) >= 11 is 1.76. The monoisotopic (exact) mass is 379 g/mol. The number of methoxy groups -OCH3 is 2. The Balaban J connectivity index is 1.61. The van der Waals surface area contributed by atoms with Crippen LogP contribution < -0.4 is 14.8 Å². The number of amides is 1. The molecule has 0 radical (unpaired) electrons. The quantitative estimate of drug-likeness (QED) is 0.570. The minimum absolute atomic E-state index is 0.194. The van der Waals surface area contributed by atoms with E-state index in [4.69, 9.17) is 9.47 Å². The summed E-state index contributed by atoms with van der Waals surface area (Å²) in [6.45, 7) is 0. The van der Waals surface area contributed by atoms with Gasteiger partial charge in [-0.3, -0.25) is 4.79 Å². The number of ether oxygens (including phenoxy) is 2. The van der Waals surface area contributed by atoms with Gasteiger partial charge in [-0.25, -0.2) is 0 Å². The van der Waals surface area contributed by atoms with Crippen molar-refractivity contribution in [3.63, 3.8) is 0 Å². The fraction of sp³-hybridized carbons (Fsp3) is 0.136. The van der Waals surface area contributed by atoms with Crippen LogP contribution in [-0.4, -0.2) is 20.1 Å². The number of thioether (sulfide) groups is 1. The zero-order valence-electron chi connectivity index (χ0n) is 15.3. The predicted molar refractivity (Wildman–Crippen MR) is 110 cm³/mol. The molecule has 0 aliphatic rings. The lowest BCUT2D eigenvalue weighted by Gasteiger charge is -2.10. The van der Waals surface area contributed by atoms with Crippen molar-refractivity contribution in [3.8, 4) is 11.5 Å². The van der Waals surface area contributed by atoms with E-state index in [0.29, 0.717) is 17.1 Å². The molecule has 3 rings (SSSR count). The van der Waals surface area contributed by atoms with E-state index in [1.807, 2.05) is 42.5 Å². The second-order valence-corrected chi connectivity index (χ2v) is 6.87. The Labute approximate surface area is 163 Å². The van der Waals surface area contributed by atoms with Crippen molar-refractivity contribution < 1.29 is 14.3 Å². The summed E-state index contributed by atoms with van der Waals surface area (Å²) in [4.78, 5) is 13.6. The Kier molecular flexibility index (Phi) is 6.39. The van der Waals surface area contributed by atoms with Crippen LogP contribution in [0.3, 0.4) is 0 Å². The molecule has 0 bridgehead atoms. The second kappa shape index (κ2) is 9.14. The van der Waals surface area contributed by atoms with Gasteiger partial charge in [0.25, 0.3) is 5.91 Å². The van der Waals surface area contributed by atoms with Crippen molar-refractivity contribution in [1.82, 2.24) is 0 Å². The van der Waals surface area contributed by atoms with E-state index in [9.17, 15) is 4.79 Å². The number of anilines is 1. The standard InChI is InChI=1S/C22H21NO3S/c1-25-20-13-8-17(14-21(20)26-2)22(24)23-18-9-11-19(12-10-18)27-15-16-6-4-3-5-7-16/h3-14H,15H2,1-2H3,(H,23,24). The summed E-state index contributed by atoms with van der Waals surface area (Å²) < 4.78 is 10.4. The first-order valence-electron chi connectivity index (χ1n) is 8.50. The van der Waals surface area contributed by atoms with Crippen LogP contribution in [0.2, 0.25) is 0 Å². The molecular formula is C22H21NO3S. The molecule has 4 nitrogen and oxygen atoms in total. The maximum atomic E-state index is 12.5. The Morgan fingerprint density at radius 1 is 0.889 bits per heavy atom. The van der Waals surface area contributed by atoms with Crippen molar-refractivity contribution in [1.29, 1.82) is 0 Å². The highest BCUT2D eigenvalue weighted by molar-refractivity contribution is 7.98. The molecule has 3 aromatic carbocycles. The Morgan fingerprint density at radius 2 is 1.59 bits per heavy atom. The van der Waals surface area contributed by atoms with E-state index < -0.39 is 0 Å². The lowest BCUT2D eigenvalue weighted by molar-refractivity contribution is 0.102. The molecule has 0 spiro atoms. The molecule has 0 fully saturated rings. The van der Waals surface area contributed by atoms with Crippen LogP contribution in [0.4, 0.5) is 5.69 Å². The van der Waals surface area contributed by atoms with Crippen LogP contribution in [0.5, 0.6) is 11.5 Å². The number of hydrogen-bond acceptors (Lipinski definition) is 4. The number of hydrogen-bond donors (Lipinski definition) is 1. The highest BCUT2D eigenvalue weighted by Crippen LogP contribution is 2.28. The third-order valence-electron chi connectivity index (χ3n) is 4.01. The van der Waals surface area contributed by atoms with Gasteiger partial charge in [-0.05, 0) is 48.0 Å². The van der Waals surface area contributed by atoms with Gasteiger partial charge in [0.05, 0.1) is 14.2 Å². The van der Waals surface area contributed by atoms with Gasteiger partial charge in [-0.1, -0.05) is 30.3 Å². The van der Waals surface area contributed by atoms with Crippen LogP contribution in [0.25, 0.3) is 0 Å². The third kappa shape index (κ3) is 5.05. The topological polar surface area (TPSA) is 47.6 Å². The predicted octanol–water partition coefficient (Wildman–Crippen LogP) is 5.25. The summed E-state index contributed by atoms with van der Waals surface area (Å²) in [7, 11) is 3.11. The number of carbonyl (C=O) groups excluding carboxylic acids is 1. The van der Waals surface area contributed by atoms with Gasteiger partial charge < -0.3 is 14.8 Å². The summed E-state index contributed by atoms with van der Waals surface area (Å²) in [5.74, 6) is 1.84. The number of nitrogens with one attached hydrogen (secondary N) is 1. The molecule has 0 unspecified atom stereocenters. The van der Waals surface area contributed by atoms with E-state index in [0.717, 1.165) is 16.3 Å². The summed E-state index contributed by atoms with van der Waals surface area (Å²) in [5.41, 5.74) is 2.54. The Hall–Kier alpha value is -2.92. The minimum atomic E-state index is -0.194. The Bertz CT molecular complexity index is 895. The first-order chi connectivity index (χ1) is 13.2. The number of rotatable bonds is 7. The second-order valence-electron chi connectivity index (χ2n) is 5.82. The molecule has 27 heavy (non-hydrogen) atoms. The van der Waals surface area contributed by atoms with Crippen molar-refractivity contribution in [2.45, 2.75) is 10.6 Å². The average molecular weight is 379 g/mol. The lowest BCUT2D eigenvalue weighted by atomic mass is 10.2. The zero-order valence-corrected chi connectivity index (χ0v) is 16.1. The molecule has 0 atom stereocenters. The van der Waals surface area contributed by atoms with Crippen LogP contribution in [-0.2, 0) is 5.75 Å². The molecule has 1 amide bonds. The lowest BCUT2D eigenvalue weighted by Crippen LogP contribution is -2.12. The largest absolute Gasteiger partial charge is 0.493 e. The molecule has 3 aromatic rings. The van der Waals surface area contributed by atoms with Gasteiger partial charge in [-0.15, -0.1) is 11.8 Å². The van der Waals surface area contributed by atoms with Crippen LogP contribution in [0, 0.1) is 0 Å².